The van der Waals surface area contributed by atoms with Crippen molar-refractivity contribution in [1.29, 1.82) is 0 Å². The van der Waals surface area contributed by atoms with Crippen LogP contribution in [0.15, 0.2) is 23.8 Å². The van der Waals surface area contributed by atoms with Crippen molar-refractivity contribution in [2.45, 2.75) is 63.6 Å². The number of hydrogen-bond donors (Lipinski definition) is 4. The van der Waals surface area contributed by atoms with Gasteiger partial charge in [-0.2, -0.15) is 13.2 Å². The highest BCUT2D eigenvalue weighted by atomic mass is 127. The van der Waals surface area contributed by atoms with E-state index < -0.39 is 49.2 Å². The number of hydrogen-bond acceptors (Lipinski definition) is 8. The van der Waals surface area contributed by atoms with Crippen LogP contribution in [0.25, 0.3) is 0 Å². The predicted octanol–water partition coefficient (Wildman–Crippen LogP) is 1.86. The quantitative estimate of drug-likeness (QED) is 0.233. The van der Waals surface area contributed by atoms with Gasteiger partial charge in [-0.1, -0.05) is 0 Å². The summed E-state index contributed by atoms with van der Waals surface area (Å²) in [6.45, 7) is -1.19. The van der Waals surface area contributed by atoms with Gasteiger partial charge in [0, 0.05) is 31.4 Å². The summed E-state index contributed by atoms with van der Waals surface area (Å²) in [7, 11) is 1.34. The molecule has 3 atom stereocenters. The van der Waals surface area contributed by atoms with E-state index in [9.17, 15) is 37.8 Å². The number of nitrogens with one attached hydrogen (secondary N) is 1. The number of aliphatic hydroxyl groups is 3. The number of carbonyl (C=O) groups is 3. The van der Waals surface area contributed by atoms with Gasteiger partial charge in [-0.3, -0.25) is 9.59 Å². The van der Waals surface area contributed by atoms with Crippen LogP contribution < -0.4 is 14.8 Å². The SMILES string of the molecule is COc1cc(CO)cc(I)c1OC1C=C(C(=O)NCCO)CC(N(CC(F)(F)F)C(=O)CCCC(C)=O)C1O. The summed E-state index contributed by atoms with van der Waals surface area (Å²) >= 11 is 1.90. The molecule has 39 heavy (non-hydrogen) atoms. The summed E-state index contributed by atoms with van der Waals surface area (Å²) in [5.74, 6) is -1.58. The molecule has 2 rings (SSSR count). The zero-order valence-electron chi connectivity index (χ0n) is 21.5. The van der Waals surface area contributed by atoms with Gasteiger partial charge in [0.1, 0.15) is 24.5 Å². The number of halogens is 4. The lowest BCUT2D eigenvalue weighted by Crippen LogP contribution is -2.57. The van der Waals surface area contributed by atoms with E-state index in [1.807, 2.05) is 22.6 Å². The van der Waals surface area contributed by atoms with Gasteiger partial charge in [-0.15, -0.1) is 0 Å². The summed E-state index contributed by atoms with van der Waals surface area (Å²) in [5.41, 5.74) is 0.450. The number of methoxy groups -OCH3 is 1. The average molecular weight is 672 g/mol. The third kappa shape index (κ3) is 9.61. The topological polar surface area (TPSA) is 146 Å². The van der Waals surface area contributed by atoms with Crippen molar-refractivity contribution >= 4 is 40.2 Å². The van der Waals surface area contributed by atoms with Crippen molar-refractivity contribution in [2.24, 2.45) is 0 Å². The Hall–Kier alpha value is -2.43. The fraction of sp³-hybridized carbons (Fsp3) is 0.560. The summed E-state index contributed by atoms with van der Waals surface area (Å²) in [6, 6.07) is 1.57. The van der Waals surface area contributed by atoms with E-state index in [1.54, 1.807) is 6.07 Å². The van der Waals surface area contributed by atoms with Crippen LogP contribution in [0.2, 0.25) is 0 Å². The van der Waals surface area contributed by atoms with E-state index in [4.69, 9.17) is 14.6 Å². The molecular weight excluding hydrogens is 640 g/mol. The van der Waals surface area contributed by atoms with Crippen LogP contribution in [0.4, 0.5) is 13.2 Å². The van der Waals surface area contributed by atoms with Crippen LogP contribution in [-0.2, 0) is 21.0 Å². The number of ketones is 1. The molecule has 1 aromatic rings. The first-order valence-electron chi connectivity index (χ1n) is 12.1. The van der Waals surface area contributed by atoms with E-state index in [1.165, 1.54) is 26.2 Å². The van der Waals surface area contributed by atoms with E-state index in [-0.39, 0.29) is 61.9 Å². The van der Waals surface area contributed by atoms with Gasteiger partial charge in [0.15, 0.2) is 11.5 Å². The lowest BCUT2D eigenvalue weighted by molar-refractivity contribution is -0.172. The lowest BCUT2D eigenvalue weighted by atomic mass is 9.87. The Labute approximate surface area is 237 Å². The maximum Gasteiger partial charge on any atom is 0.406 e. The molecule has 1 aliphatic carbocycles. The van der Waals surface area contributed by atoms with Crippen molar-refractivity contribution in [3.05, 3.63) is 32.9 Å². The smallest absolute Gasteiger partial charge is 0.406 e. The second-order valence-corrected chi connectivity index (χ2v) is 10.1. The number of carbonyl (C=O) groups excluding carboxylic acids is 3. The summed E-state index contributed by atoms with van der Waals surface area (Å²) in [5, 5.41) is 32.2. The number of nitrogens with zero attached hydrogens (tertiary/aromatic N) is 1. The molecule has 2 amide bonds. The zero-order valence-corrected chi connectivity index (χ0v) is 23.6. The highest BCUT2D eigenvalue weighted by Gasteiger charge is 2.44. The molecule has 0 radical (unpaired) electrons. The van der Waals surface area contributed by atoms with Gasteiger partial charge in [0.25, 0.3) is 0 Å². The largest absolute Gasteiger partial charge is 0.493 e. The van der Waals surface area contributed by atoms with Crippen molar-refractivity contribution in [3.63, 3.8) is 0 Å². The third-order valence-corrected chi connectivity index (χ3v) is 6.73. The lowest BCUT2D eigenvalue weighted by Gasteiger charge is -2.41. The van der Waals surface area contributed by atoms with Gasteiger partial charge in [-0.25, -0.2) is 0 Å². The molecule has 0 heterocycles. The Morgan fingerprint density at radius 1 is 1.21 bits per heavy atom. The van der Waals surface area contributed by atoms with Gasteiger partial charge < -0.3 is 39.8 Å². The molecular formula is C25H32F3IN2O8. The Balaban J connectivity index is 2.50. The maximum atomic E-state index is 13.6. The Morgan fingerprint density at radius 3 is 2.46 bits per heavy atom. The van der Waals surface area contributed by atoms with Gasteiger partial charge in [0.2, 0.25) is 11.8 Å². The third-order valence-electron chi connectivity index (χ3n) is 5.93. The Morgan fingerprint density at radius 2 is 1.90 bits per heavy atom. The van der Waals surface area contributed by atoms with Gasteiger partial charge in [0.05, 0.1) is 29.9 Å². The highest BCUT2D eigenvalue weighted by Crippen LogP contribution is 2.37. The molecule has 218 valence electrons. The molecule has 0 fully saturated rings. The van der Waals surface area contributed by atoms with Crippen LogP contribution >= 0.6 is 22.6 Å². The standard InChI is InChI=1S/C25H32F3IN2O8/c1-14(34)4-3-5-21(35)31(13-25(26,27)28)18-10-16(24(37)30-6-7-32)11-19(22(18)36)39-23-17(29)8-15(12-33)9-20(23)38-2/h8-9,11,18-19,22,32-33,36H,3-7,10,12-13H2,1-2H3,(H,30,37). The molecule has 0 spiro atoms. The summed E-state index contributed by atoms with van der Waals surface area (Å²) < 4.78 is 52.5. The monoisotopic (exact) mass is 672 g/mol. The van der Waals surface area contributed by atoms with E-state index in [0.29, 0.717) is 14.0 Å². The minimum atomic E-state index is -4.81. The second kappa shape index (κ2) is 14.8. The van der Waals surface area contributed by atoms with Crippen LogP contribution in [0.5, 0.6) is 11.5 Å². The van der Waals surface area contributed by atoms with Crippen molar-refractivity contribution < 1.29 is 52.3 Å². The molecule has 1 aromatic carbocycles. The van der Waals surface area contributed by atoms with Crippen LogP contribution in [0.1, 0.15) is 38.2 Å². The first kappa shape index (κ1) is 32.8. The number of aliphatic hydroxyl groups excluding tert-OH is 3. The predicted molar refractivity (Wildman–Crippen MR) is 141 cm³/mol. The number of ether oxygens (including phenoxy) is 2. The van der Waals surface area contributed by atoms with Gasteiger partial charge in [-0.05, 0) is 59.7 Å². The summed E-state index contributed by atoms with van der Waals surface area (Å²) in [6.07, 6.45) is -7.36. The van der Waals surface area contributed by atoms with Crippen LogP contribution in [0.3, 0.4) is 0 Å². The number of benzene rings is 1. The van der Waals surface area contributed by atoms with E-state index >= 15 is 0 Å². The van der Waals surface area contributed by atoms with Crippen molar-refractivity contribution in [1.82, 2.24) is 10.2 Å². The van der Waals surface area contributed by atoms with Crippen LogP contribution in [-0.4, -0.2) is 89.0 Å². The molecule has 4 N–H and O–H groups in total. The molecule has 10 nitrogen and oxygen atoms in total. The molecule has 0 saturated heterocycles. The number of Topliss-reactive ketones (excluding diaryl/α,β-unsaturated/α-hetero) is 1. The van der Waals surface area contributed by atoms with E-state index in [0.717, 1.165) is 0 Å². The molecule has 1 aliphatic rings. The molecule has 0 aromatic heterocycles. The minimum Gasteiger partial charge on any atom is -0.493 e. The summed E-state index contributed by atoms with van der Waals surface area (Å²) in [4.78, 5) is 37.5. The zero-order chi connectivity index (χ0) is 29.3. The maximum absolute atomic E-state index is 13.6. The van der Waals surface area contributed by atoms with Crippen molar-refractivity contribution in [2.75, 3.05) is 26.8 Å². The van der Waals surface area contributed by atoms with E-state index in [2.05, 4.69) is 5.32 Å². The first-order chi connectivity index (χ1) is 18.3. The average Bonchev–Trinajstić information content (AvgIpc) is 2.86. The molecule has 14 heteroatoms. The fourth-order valence-corrected chi connectivity index (χ4v) is 4.90. The molecule has 3 unspecified atom stereocenters. The fourth-order valence-electron chi connectivity index (χ4n) is 4.11. The first-order valence-corrected chi connectivity index (χ1v) is 13.2. The van der Waals surface area contributed by atoms with Crippen LogP contribution in [0, 0.1) is 3.57 Å². The second-order valence-electron chi connectivity index (χ2n) is 8.98. The number of rotatable bonds is 13. The molecule has 0 saturated carbocycles. The molecule has 0 bridgehead atoms. The van der Waals surface area contributed by atoms with Gasteiger partial charge >= 0.3 is 6.18 Å². The Kier molecular flexibility index (Phi) is 12.5. The number of amides is 2. The normalized spacial score (nSPS) is 19.2. The highest BCUT2D eigenvalue weighted by molar-refractivity contribution is 14.1. The van der Waals surface area contributed by atoms with Crippen molar-refractivity contribution in [3.8, 4) is 11.5 Å². The number of alkyl halides is 3. The Bertz CT molecular complexity index is 1070. The molecule has 0 aliphatic heterocycles. The minimum absolute atomic E-state index is 0.00133.